The fraction of sp³-hybridized carbons (Fsp3) is 0.417. The Morgan fingerprint density at radius 2 is 2.00 bits per heavy atom. The van der Waals surface area contributed by atoms with E-state index in [0.29, 0.717) is 41.8 Å². The fourth-order valence-electron chi connectivity index (χ4n) is 3.89. The molecule has 170 valence electrons. The molecule has 0 aromatic heterocycles. The fourth-order valence-corrected chi connectivity index (χ4v) is 3.89. The Balaban J connectivity index is 1.40. The van der Waals surface area contributed by atoms with Crippen molar-refractivity contribution in [2.45, 2.75) is 32.7 Å². The molecule has 2 aliphatic rings. The molecular formula is C24H28N2O6. The van der Waals surface area contributed by atoms with Gasteiger partial charge in [0.1, 0.15) is 0 Å². The summed E-state index contributed by atoms with van der Waals surface area (Å²) in [5.74, 6) is 1.90. The first-order valence-electron chi connectivity index (χ1n) is 10.8. The molecule has 1 fully saturated rings. The lowest BCUT2D eigenvalue weighted by Gasteiger charge is -2.20. The molecule has 0 radical (unpaired) electrons. The van der Waals surface area contributed by atoms with Crippen molar-refractivity contribution in [1.82, 2.24) is 5.32 Å². The Morgan fingerprint density at radius 1 is 1.19 bits per heavy atom. The van der Waals surface area contributed by atoms with Gasteiger partial charge in [0.25, 0.3) is 0 Å². The van der Waals surface area contributed by atoms with E-state index in [1.807, 2.05) is 38.1 Å². The second kappa shape index (κ2) is 9.38. The predicted molar refractivity (Wildman–Crippen MR) is 118 cm³/mol. The largest absolute Gasteiger partial charge is 0.493 e. The molecule has 2 aromatic carbocycles. The number of benzene rings is 2. The number of nitrogens with zero attached hydrogens (tertiary/aromatic N) is 1. The molecule has 0 bridgehead atoms. The summed E-state index contributed by atoms with van der Waals surface area (Å²) in [7, 11) is 1.59. The average molecular weight is 440 g/mol. The van der Waals surface area contributed by atoms with Crippen molar-refractivity contribution in [2.75, 3.05) is 32.0 Å². The van der Waals surface area contributed by atoms with Crippen LogP contribution in [0.3, 0.4) is 0 Å². The standard InChI is InChI=1S/C24H28N2O6/c1-4-9-30-19-7-5-16(10-21(19)29-3)15(2)25-24(28)17-11-23(27)26(13-17)18-6-8-20-22(12-18)32-14-31-20/h5-8,10,12,15,17H,4,9,11,13-14H2,1-3H3,(H,25,28). The number of nitrogens with one attached hydrogen (secondary N) is 1. The van der Waals surface area contributed by atoms with E-state index in [0.717, 1.165) is 12.0 Å². The lowest BCUT2D eigenvalue weighted by Crippen LogP contribution is -2.34. The van der Waals surface area contributed by atoms with Gasteiger partial charge >= 0.3 is 0 Å². The monoisotopic (exact) mass is 440 g/mol. The molecule has 0 saturated carbocycles. The molecule has 0 spiro atoms. The zero-order chi connectivity index (χ0) is 22.7. The number of fused-ring (bicyclic) bond motifs is 1. The van der Waals surface area contributed by atoms with Crippen molar-refractivity contribution < 1.29 is 28.5 Å². The quantitative estimate of drug-likeness (QED) is 0.677. The highest BCUT2D eigenvalue weighted by molar-refractivity contribution is 6.00. The topological polar surface area (TPSA) is 86.3 Å². The lowest BCUT2D eigenvalue weighted by atomic mass is 10.0. The average Bonchev–Trinajstić information content (AvgIpc) is 3.43. The summed E-state index contributed by atoms with van der Waals surface area (Å²) in [6.07, 6.45) is 1.07. The molecule has 2 heterocycles. The van der Waals surface area contributed by atoms with Crippen molar-refractivity contribution in [3.05, 3.63) is 42.0 Å². The lowest BCUT2D eigenvalue weighted by molar-refractivity contribution is -0.126. The van der Waals surface area contributed by atoms with E-state index < -0.39 is 5.92 Å². The molecule has 2 aromatic rings. The number of carbonyl (C=O) groups is 2. The minimum absolute atomic E-state index is 0.0873. The second-order valence-electron chi connectivity index (χ2n) is 7.93. The number of amides is 2. The van der Waals surface area contributed by atoms with Crippen LogP contribution in [0, 0.1) is 5.92 Å². The van der Waals surface area contributed by atoms with E-state index >= 15 is 0 Å². The minimum Gasteiger partial charge on any atom is -0.493 e. The molecule has 8 heteroatoms. The van der Waals surface area contributed by atoms with Crippen LogP contribution in [0.2, 0.25) is 0 Å². The van der Waals surface area contributed by atoms with E-state index in [1.165, 1.54) is 0 Å². The Bertz CT molecular complexity index is 1010. The maximum atomic E-state index is 12.9. The number of methoxy groups -OCH3 is 1. The maximum Gasteiger partial charge on any atom is 0.231 e. The summed E-state index contributed by atoms with van der Waals surface area (Å²) in [4.78, 5) is 27.1. The summed E-state index contributed by atoms with van der Waals surface area (Å²) in [6.45, 7) is 5.05. The van der Waals surface area contributed by atoms with Crippen LogP contribution in [0.5, 0.6) is 23.0 Å². The van der Waals surface area contributed by atoms with Crippen LogP contribution in [-0.2, 0) is 9.59 Å². The molecule has 2 unspecified atom stereocenters. The summed E-state index contributed by atoms with van der Waals surface area (Å²) in [6, 6.07) is 10.8. The van der Waals surface area contributed by atoms with Crippen LogP contribution in [0.25, 0.3) is 0 Å². The van der Waals surface area contributed by atoms with Crippen molar-refractivity contribution in [2.24, 2.45) is 5.92 Å². The number of carbonyl (C=O) groups excluding carboxylic acids is 2. The molecule has 0 aliphatic carbocycles. The Kier molecular flexibility index (Phi) is 6.39. The van der Waals surface area contributed by atoms with Crippen molar-refractivity contribution in [3.8, 4) is 23.0 Å². The van der Waals surface area contributed by atoms with E-state index in [4.69, 9.17) is 18.9 Å². The first-order valence-corrected chi connectivity index (χ1v) is 10.8. The molecule has 1 N–H and O–H groups in total. The van der Waals surface area contributed by atoms with Crippen LogP contribution in [0.15, 0.2) is 36.4 Å². The third kappa shape index (κ3) is 4.44. The van der Waals surface area contributed by atoms with E-state index in [9.17, 15) is 9.59 Å². The zero-order valence-electron chi connectivity index (χ0n) is 18.6. The van der Waals surface area contributed by atoms with Crippen LogP contribution in [0.1, 0.15) is 38.3 Å². The zero-order valence-corrected chi connectivity index (χ0v) is 18.6. The van der Waals surface area contributed by atoms with Crippen LogP contribution >= 0.6 is 0 Å². The summed E-state index contributed by atoms with van der Waals surface area (Å²) in [5.41, 5.74) is 1.60. The normalized spacial score (nSPS) is 17.9. The molecule has 32 heavy (non-hydrogen) atoms. The smallest absolute Gasteiger partial charge is 0.231 e. The summed E-state index contributed by atoms with van der Waals surface area (Å²) >= 11 is 0. The SMILES string of the molecule is CCCOc1ccc(C(C)NC(=O)C2CC(=O)N(c3ccc4c(c3)OCO4)C2)cc1OC. The van der Waals surface area contributed by atoms with Gasteiger partial charge in [-0.05, 0) is 43.2 Å². The van der Waals surface area contributed by atoms with Crippen molar-refractivity contribution in [1.29, 1.82) is 0 Å². The first kappa shape index (κ1) is 21.8. The molecule has 2 aliphatic heterocycles. The Labute approximate surface area is 187 Å². The highest BCUT2D eigenvalue weighted by Gasteiger charge is 2.36. The van der Waals surface area contributed by atoms with Gasteiger partial charge in [-0.2, -0.15) is 0 Å². The second-order valence-corrected chi connectivity index (χ2v) is 7.93. The number of rotatable bonds is 8. The van der Waals surface area contributed by atoms with Crippen molar-refractivity contribution in [3.63, 3.8) is 0 Å². The molecule has 4 rings (SSSR count). The third-order valence-electron chi connectivity index (χ3n) is 5.67. The van der Waals surface area contributed by atoms with E-state index in [1.54, 1.807) is 24.1 Å². The summed E-state index contributed by atoms with van der Waals surface area (Å²) < 4.78 is 21.9. The number of ether oxygens (including phenoxy) is 4. The van der Waals surface area contributed by atoms with Gasteiger partial charge in [0.05, 0.1) is 25.7 Å². The van der Waals surface area contributed by atoms with Crippen molar-refractivity contribution >= 4 is 17.5 Å². The maximum absolute atomic E-state index is 12.9. The minimum atomic E-state index is -0.426. The van der Waals surface area contributed by atoms with Gasteiger partial charge in [-0.25, -0.2) is 0 Å². The van der Waals surface area contributed by atoms with E-state index in [-0.39, 0.29) is 31.1 Å². The Hall–Kier alpha value is -3.42. The van der Waals surface area contributed by atoms with Gasteiger partial charge in [0.15, 0.2) is 23.0 Å². The third-order valence-corrected chi connectivity index (χ3v) is 5.67. The van der Waals surface area contributed by atoms with Crippen LogP contribution in [0.4, 0.5) is 5.69 Å². The number of anilines is 1. The van der Waals surface area contributed by atoms with Gasteiger partial charge in [0.2, 0.25) is 18.6 Å². The van der Waals surface area contributed by atoms with Gasteiger partial charge < -0.3 is 29.2 Å². The van der Waals surface area contributed by atoms with Gasteiger partial charge in [-0.15, -0.1) is 0 Å². The Morgan fingerprint density at radius 3 is 2.78 bits per heavy atom. The highest BCUT2D eigenvalue weighted by atomic mass is 16.7. The van der Waals surface area contributed by atoms with Gasteiger partial charge in [-0.1, -0.05) is 13.0 Å². The van der Waals surface area contributed by atoms with Crippen LogP contribution < -0.4 is 29.2 Å². The predicted octanol–water partition coefficient (Wildman–Crippen LogP) is 3.44. The molecule has 8 nitrogen and oxygen atoms in total. The number of hydrogen-bond donors (Lipinski definition) is 1. The molecule has 2 atom stereocenters. The molecular weight excluding hydrogens is 412 g/mol. The summed E-state index contributed by atoms with van der Waals surface area (Å²) in [5, 5.41) is 3.03. The van der Waals surface area contributed by atoms with Crippen LogP contribution in [-0.4, -0.2) is 38.9 Å². The first-order chi connectivity index (χ1) is 15.5. The number of hydrogen-bond acceptors (Lipinski definition) is 6. The van der Waals surface area contributed by atoms with Gasteiger partial charge in [0, 0.05) is 24.7 Å². The highest BCUT2D eigenvalue weighted by Crippen LogP contribution is 2.37. The van der Waals surface area contributed by atoms with Gasteiger partial charge in [-0.3, -0.25) is 9.59 Å². The van der Waals surface area contributed by atoms with E-state index in [2.05, 4.69) is 5.32 Å². The molecule has 1 saturated heterocycles. The molecule has 2 amide bonds.